The second kappa shape index (κ2) is 7.89. The van der Waals surface area contributed by atoms with Crippen molar-refractivity contribution in [1.29, 1.82) is 0 Å². The topological polar surface area (TPSA) is 40.5 Å². The number of aliphatic hydroxyl groups excluding tert-OH is 1. The van der Waals surface area contributed by atoms with Gasteiger partial charge in [-0.1, -0.05) is 20.8 Å². The van der Waals surface area contributed by atoms with E-state index in [1.54, 1.807) is 0 Å². The van der Waals surface area contributed by atoms with Gasteiger partial charge in [-0.3, -0.25) is 0 Å². The van der Waals surface area contributed by atoms with Gasteiger partial charge in [-0.05, 0) is 124 Å². The van der Waals surface area contributed by atoms with E-state index in [4.69, 9.17) is 0 Å². The van der Waals surface area contributed by atoms with Crippen LogP contribution < -0.4 is 0 Å². The van der Waals surface area contributed by atoms with Crippen LogP contribution in [0.5, 0.6) is 0 Å². The lowest BCUT2D eigenvalue weighted by Crippen LogP contribution is -2.55. The molecule has 4 rings (SSSR count). The minimum absolute atomic E-state index is 0.173. The number of halogens is 3. The summed E-state index contributed by atoms with van der Waals surface area (Å²) in [6, 6.07) is 0. The standard InChI is InChI=1S/C26H43F3O2/c1-16(5-10-22(30)26(27,28)29)19-8-9-20-18-7-6-17-15-23(2,31)13-14-24(17,3)21(18)11-12-25(19,20)4/h16-22,30-31H,5-15H2,1-4H3/t16-,17+,18+,19-,20+,21+,22-,23+,24+,25-/m1/s1. The van der Waals surface area contributed by atoms with E-state index < -0.39 is 17.9 Å². The molecule has 2 N–H and O–H groups in total. The van der Waals surface area contributed by atoms with Crippen LogP contribution in [0.1, 0.15) is 98.3 Å². The van der Waals surface area contributed by atoms with Gasteiger partial charge in [0.05, 0.1) is 5.60 Å². The summed E-state index contributed by atoms with van der Waals surface area (Å²) in [7, 11) is 0. The molecule has 10 atom stereocenters. The largest absolute Gasteiger partial charge is 0.414 e. The summed E-state index contributed by atoms with van der Waals surface area (Å²) in [5.41, 5.74) is 0.0647. The fraction of sp³-hybridized carbons (Fsp3) is 1.00. The van der Waals surface area contributed by atoms with Crippen molar-refractivity contribution >= 4 is 0 Å². The molecule has 0 heterocycles. The van der Waals surface area contributed by atoms with Crippen LogP contribution in [0.2, 0.25) is 0 Å². The summed E-state index contributed by atoms with van der Waals surface area (Å²) in [6.45, 7) is 9.06. The van der Waals surface area contributed by atoms with Gasteiger partial charge in [0.25, 0.3) is 0 Å². The van der Waals surface area contributed by atoms with Gasteiger partial charge in [0.15, 0.2) is 0 Å². The summed E-state index contributed by atoms with van der Waals surface area (Å²) < 4.78 is 38.3. The lowest BCUT2D eigenvalue weighted by Gasteiger charge is -2.62. The van der Waals surface area contributed by atoms with E-state index in [0.29, 0.717) is 29.6 Å². The third kappa shape index (κ3) is 4.09. The highest BCUT2D eigenvalue weighted by atomic mass is 19.4. The van der Waals surface area contributed by atoms with Crippen molar-refractivity contribution < 1.29 is 23.4 Å². The molecule has 180 valence electrons. The van der Waals surface area contributed by atoms with Crippen LogP contribution in [0.25, 0.3) is 0 Å². The summed E-state index contributed by atoms with van der Waals surface area (Å²) in [6.07, 6.45) is 3.82. The molecule has 0 bridgehead atoms. The highest BCUT2D eigenvalue weighted by Gasteiger charge is 2.61. The van der Waals surface area contributed by atoms with Crippen molar-refractivity contribution in [3.8, 4) is 0 Å². The first-order valence-electron chi connectivity index (χ1n) is 12.7. The smallest absolute Gasteiger partial charge is 0.390 e. The predicted octanol–water partition coefficient (Wildman–Crippen LogP) is 6.74. The van der Waals surface area contributed by atoms with Gasteiger partial charge in [-0.15, -0.1) is 0 Å². The van der Waals surface area contributed by atoms with E-state index in [9.17, 15) is 23.4 Å². The Morgan fingerprint density at radius 3 is 2.23 bits per heavy atom. The monoisotopic (exact) mass is 444 g/mol. The molecule has 4 fully saturated rings. The molecule has 4 aliphatic carbocycles. The number of hydrogen-bond donors (Lipinski definition) is 2. The van der Waals surface area contributed by atoms with Gasteiger partial charge in [0, 0.05) is 0 Å². The Labute approximate surface area is 186 Å². The van der Waals surface area contributed by atoms with E-state index in [0.717, 1.165) is 37.5 Å². The quantitative estimate of drug-likeness (QED) is 0.504. The second-order valence-electron chi connectivity index (χ2n) is 12.7. The molecule has 0 radical (unpaired) electrons. The van der Waals surface area contributed by atoms with Crippen LogP contribution in [0.3, 0.4) is 0 Å². The maximum absolute atomic E-state index is 12.8. The first-order valence-corrected chi connectivity index (χ1v) is 12.7. The molecule has 0 saturated heterocycles. The maximum Gasteiger partial charge on any atom is 0.414 e. The molecule has 0 aliphatic heterocycles. The zero-order chi connectivity index (χ0) is 22.8. The van der Waals surface area contributed by atoms with E-state index >= 15 is 0 Å². The zero-order valence-electron chi connectivity index (χ0n) is 19.8. The number of rotatable bonds is 4. The summed E-state index contributed by atoms with van der Waals surface area (Å²) in [4.78, 5) is 0. The minimum atomic E-state index is -4.50. The normalized spacial score (nSPS) is 49.6. The Morgan fingerprint density at radius 1 is 0.871 bits per heavy atom. The Balaban J connectivity index is 1.45. The van der Waals surface area contributed by atoms with E-state index in [2.05, 4.69) is 20.8 Å². The molecule has 0 spiro atoms. The SMILES string of the molecule is C[C@H](CC[C@@H](O)C(F)(F)F)[C@H]1CC[C@H]2[C@@H]3CC[C@H]4C[C@@](C)(O)CC[C@]4(C)[C@H]3CC[C@]12C. The van der Waals surface area contributed by atoms with E-state index in [-0.39, 0.29) is 17.8 Å². The molecule has 2 nitrogen and oxygen atoms in total. The molecule has 4 aliphatic rings. The van der Waals surface area contributed by atoms with Crippen molar-refractivity contribution in [1.82, 2.24) is 0 Å². The Bertz CT molecular complexity index is 662. The van der Waals surface area contributed by atoms with Gasteiger partial charge in [0.2, 0.25) is 0 Å². The van der Waals surface area contributed by atoms with Crippen molar-refractivity contribution in [3.63, 3.8) is 0 Å². The lowest BCUT2D eigenvalue weighted by atomic mass is 9.43. The summed E-state index contributed by atoms with van der Waals surface area (Å²) in [5, 5.41) is 20.1. The van der Waals surface area contributed by atoms with Crippen molar-refractivity contribution in [2.75, 3.05) is 0 Å². The number of alkyl halides is 3. The molecule has 5 heteroatoms. The molecule has 0 amide bonds. The molecule has 0 aromatic heterocycles. The lowest BCUT2D eigenvalue weighted by molar-refractivity contribution is -0.206. The average molecular weight is 445 g/mol. The zero-order valence-corrected chi connectivity index (χ0v) is 19.8. The highest BCUT2D eigenvalue weighted by Crippen LogP contribution is 2.68. The molecular formula is C26H43F3O2. The number of aliphatic hydroxyl groups is 2. The van der Waals surface area contributed by atoms with Gasteiger partial charge in [-0.25, -0.2) is 0 Å². The van der Waals surface area contributed by atoms with E-state index in [1.807, 2.05) is 6.92 Å². The van der Waals surface area contributed by atoms with Crippen LogP contribution in [-0.4, -0.2) is 28.1 Å². The van der Waals surface area contributed by atoms with Crippen LogP contribution >= 0.6 is 0 Å². The third-order valence-corrected chi connectivity index (χ3v) is 11.0. The van der Waals surface area contributed by atoms with Gasteiger partial charge < -0.3 is 10.2 Å². The van der Waals surface area contributed by atoms with Crippen molar-refractivity contribution in [2.45, 2.75) is 116 Å². The molecule has 0 aromatic rings. The van der Waals surface area contributed by atoms with Gasteiger partial charge in [0.1, 0.15) is 6.10 Å². The fourth-order valence-electron chi connectivity index (χ4n) is 9.19. The molecular weight excluding hydrogens is 401 g/mol. The van der Waals surface area contributed by atoms with Gasteiger partial charge in [-0.2, -0.15) is 13.2 Å². The molecule has 0 aromatic carbocycles. The van der Waals surface area contributed by atoms with Crippen LogP contribution in [-0.2, 0) is 0 Å². The first kappa shape index (κ1) is 23.9. The van der Waals surface area contributed by atoms with Crippen molar-refractivity contribution in [2.24, 2.45) is 46.3 Å². The first-order chi connectivity index (χ1) is 14.3. The molecule has 0 unspecified atom stereocenters. The van der Waals surface area contributed by atoms with E-state index in [1.165, 1.54) is 32.1 Å². The van der Waals surface area contributed by atoms with Gasteiger partial charge >= 0.3 is 6.18 Å². The second-order valence-corrected chi connectivity index (χ2v) is 12.7. The average Bonchev–Trinajstić information content (AvgIpc) is 3.02. The maximum atomic E-state index is 12.8. The van der Waals surface area contributed by atoms with Crippen molar-refractivity contribution in [3.05, 3.63) is 0 Å². The number of fused-ring (bicyclic) bond motifs is 5. The Kier molecular flexibility index (Phi) is 6.07. The Hall–Kier alpha value is -0.290. The fourth-order valence-corrected chi connectivity index (χ4v) is 9.19. The predicted molar refractivity (Wildman–Crippen MR) is 116 cm³/mol. The number of hydrogen-bond acceptors (Lipinski definition) is 2. The molecule has 31 heavy (non-hydrogen) atoms. The summed E-state index contributed by atoms with van der Waals surface area (Å²) in [5.74, 6) is 3.48. The molecule has 4 saturated carbocycles. The highest BCUT2D eigenvalue weighted by molar-refractivity contribution is 5.10. The third-order valence-electron chi connectivity index (χ3n) is 11.0. The summed E-state index contributed by atoms with van der Waals surface area (Å²) >= 11 is 0. The van der Waals surface area contributed by atoms with Crippen LogP contribution in [0.15, 0.2) is 0 Å². The van der Waals surface area contributed by atoms with Crippen LogP contribution in [0.4, 0.5) is 13.2 Å². The minimum Gasteiger partial charge on any atom is -0.390 e. The van der Waals surface area contributed by atoms with Crippen LogP contribution in [0, 0.1) is 46.3 Å². The Morgan fingerprint density at radius 2 is 1.55 bits per heavy atom.